The number of sulfonamides is 1. The maximum Gasteiger partial charge on any atom is 0.261 e. The molecule has 7 heteroatoms. The fourth-order valence-electron chi connectivity index (χ4n) is 3.12. The minimum atomic E-state index is -3.79. The van der Waals surface area contributed by atoms with Gasteiger partial charge in [0, 0.05) is 18.7 Å². The highest BCUT2D eigenvalue weighted by molar-refractivity contribution is 7.92. The first-order valence-electron chi connectivity index (χ1n) is 8.47. The van der Waals surface area contributed by atoms with E-state index in [9.17, 15) is 13.2 Å². The Hall–Kier alpha value is -2.05. The van der Waals surface area contributed by atoms with Gasteiger partial charge >= 0.3 is 0 Å². The highest BCUT2D eigenvalue weighted by Gasteiger charge is 2.21. The van der Waals surface area contributed by atoms with Crippen molar-refractivity contribution >= 4 is 33.2 Å². The standard InChI is InChI=1S/C19H21ClN2O3S/c1-13-11-14(2)18(17(20)12-13)21-26(24,25)16-7-5-15(6-8-16)19(23)22-9-3-4-10-22/h5-8,11-12,21H,3-4,9-10H2,1-2H3. The summed E-state index contributed by atoms with van der Waals surface area (Å²) in [6.45, 7) is 5.21. The first-order chi connectivity index (χ1) is 12.3. The Balaban J connectivity index is 1.83. The van der Waals surface area contributed by atoms with E-state index in [1.54, 1.807) is 30.0 Å². The van der Waals surface area contributed by atoms with Crippen LogP contribution in [0.3, 0.4) is 0 Å². The van der Waals surface area contributed by atoms with Crippen LogP contribution >= 0.6 is 11.6 Å². The zero-order valence-corrected chi connectivity index (χ0v) is 16.3. The van der Waals surface area contributed by atoms with Crippen LogP contribution < -0.4 is 4.72 Å². The van der Waals surface area contributed by atoms with Crippen molar-refractivity contribution in [1.29, 1.82) is 0 Å². The van der Waals surface area contributed by atoms with Gasteiger partial charge in [0.25, 0.3) is 15.9 Å². The molecule has 1 fully saturated rings. The zero-order valence-electron chi connectivity index (χ0n) is 14.8. The number of carbonyl (C=O) groups is 1. The van der Waals surface area contributed by atoms with Crippen LogP contribution in [0.15, 0.2) is 41.3 Å². The molecule has 1 heterocycles. The summed E-state index contributed by atoms with van der Waals surface area (Å²) in [7, 11) is -3.79. The predicted molar refractivity (Wildman–Crippen MR) is 103 cm³/mol. The van der Waals surface area contributed by atoms with Gasteiger partial charge in [0.15, 0.2) is 0 Å². The Morgan fingerprint density at radius 3 is 2.27 bits per heavy atom. The number of carbonyl (C=O) groups excluding carboxylic acids is 1. The molecule has 0 atom stereocenters. The van der Waals surface area contributed by atoms with Gasteiger partial charge in [-0.25, -0.2) is 8.42 Å². The number of aryl methyl sites for hydroxylation is 2. The van der Waals surface area contributed by atoms with Crippen molar-refractivity contribution < 1.29 is 13.2 Å². The molecule has 1 aliphatic heterocycles. The van der Waals surface area contributed by atoms with Crippen LogP contribution in [-0.4, -0.2) is 32.3 Å². The molecule has 26 heavy (non-hydrogen) atoms. The molecule has 0 aromatic heterocycles. The molecular formula is C19H21ClN2O3S. The average molecular weight is 393 g/mol. The first kappa shape index (κ1) is 18.7. The Morgan fingerprint density at radius 2 is 1.69 bits per heavy atom. The third-order valence-electron chi connectivity index (χ3n) is 4.47. The summed E-state index contributed by atoms with van der Waals surface area (Å²) in [6.07, 6.45) is 2.03. The normalized spacial score (nSPS) is 14.5. The third-order valence-corrected chi connectivity index (χ3v) is 6.14. The summed E-state index contributed by atoms with van der Waals surface area (Å²) in [4.78, 5) is 14.2. The minimum absolute atomic E-state index is 0.0585. The predicted octanol–water partition coefficient (Wildman–Crippen LogP) is 3.99. The third kappa shape index (κ3) is 3.86. The van der Waals surface area contributed by atoms with Gasteiger partial charge in [0.1, 0.15) is 0 Å². The lowest BCUT2D eigenvalue weighted by Gasteiger charge is -2.16. The van der Waals surface area contributed by atoms with Gasteiger partial charge in [-0.2, -0.15) is 0 Å². The minimum Gasteiger partial charge on any atom is -0.339 e. The molecule has 1 aliphatic rings. The summed E-state index contributed by atoms with van der Waals surface area (Å²) >= 11 is 6.19. The molecule has 0 unspecified atom stereocenters. The number of nitrogens with one attached hydrogen (secondary N) is 1. The van der Waals surface area contributed by atoms with E-state index < -0.39 is 10.0 Å². The van der Waals surface area contributed by atoms with Crippen LogP contribution in [-0.2, 0) is 10.0 Å². The van der Waals surface area contributed by atoms with Crippen molar-refractivity contribution in [2.45, 2.75) is 31.6 Å². The molecule has 3 rings (SSSR count). The molecule has 0 aliphatic carbocycles. The van der Waals surface area contributed by atoms with Crippen molar-refractivity contribution in [3.8, 4) is 0 Å². The van der Waals surface area contributed by atoms with Crippen LogP contribution in [0.5, 0.6) is 0 Å². The number of anilines is 1. The number of amides is 1. The molecule has 1 saturated heterocycles. The van der Waals surface area contributed by atoms with Gasteiger partial charge in [-0.15, -0.1) is 0 Å². The number of hydrogen-bond donors (Lipinski definition) is 1. The van der Waals surface area contributed by atoms with Gasteiger partial charge in [-0.1, -0.05) is 17.7 Å². The van der Waals surface area contributed by atoms with Crippen LogP contribution in [0.4, 0.5) is 5.69 Å². The van der Waals surface area contributed by atoms with Crippen molar-refractivity contribution in [3.63, 3.8) is 0 Å². The number of halogens is 1. The molecule has 1 amide bonds. The second-order valence-electron chi connectivity index (χ2n) is 6.57. The number of nitrogens with zero attached hydrogens (tertiary/aromatic N) is 1. The van der Waals surface area contributed by atoms with Crippen LogP contribution in [0, 0.1) is 13.8 Å². The van der Waals surface area contributed by atoms with Crippen molar-refractivity contribution in [3.05, 3.63) is 58.1 Å². The van der Waals surface area contributed by atoms with E-state index in [2.05, 4.69) is 4.72 Å². The van der Waals surface area contributed by atoms with E-state index in [4.69, 9.17) is 11.6 Å². The Bertz CT molecular complexity index is 911. The van der Waals surface area contributed by atoms with E-state index in [1.807, 2.05) is 13.0 Å². The smallest absolute Gasteiger partial charge is 0.261 e. The average Bonchev–Trinajstić information content (AvgIpc) is 3.12. The van der Waals surface area contributed by atoms with E-state index in [0.29, 0.717) is 16.3 Å². The second kappa shape index (κ2) is 7.29. The molecule has 138 valence electrons. The first-order valence-corrected chi connectivity index (χ1v) is 10.3. The lowest BCUT2D eigenvalue weighted by molar-refractivity contribution is 0.0792. The zero-order chi connectivity index (χ0) is 18.9. The van der Waals surface area contributed by atoms with E-state index >= 15 is 0 Å². The molecule has 0 saturated carbocycles. The number of hydrogen-bond acceptors (Lipinski definition) is 3. The monoisotopic (exact) mass is 392 g/mol. The number of rotatable bonds is 4. The summed E-state index contributed by atoms with van der Waals surface area (Å²) < 4.78 is 27.9. The Morgan fingerprint density at radius 1 is 1.08 bits per heavy atom. The van der Waals surface area contributed by atoms with Gasteiger partial charge in [0.05, 0.1) is 15.6 Å². The summed E-state index contributed by atoms with van der Waals surface area (Å²) in [5, 5.41) is 0.354. The van der Waals surface area contributed by atoms with Crippen LogP contribution in [0.1, 0.15) is 34.3 Å². The Labute approximate surface area is 159 Å². The maximum absolute atomic E-state index is 12.7. The van der Waals surface area contributed by atoms with E-state index in [-0.39, 0.29) is 10.8 Å². The molecule has 0 spiro atoms. The van der Waals surface area contributed by atoms with Crippen LogP contribution in [0.2, 0.25) is 5.02 Å². The molecular weight excluding hydrogens is 372 g/mol. The van der Waals surface area contributed by atoms with Crippen molar-refractivity contribution in [1.82, 2.24) is 4.90 Å². The number of likely N-dealkylation sites (tertiary alicyclic amines) is 1. The molecule has 0 bridgehead atoms. The lowest BCUT2D eigenvalue weighted by Crippen LogP contribution is -2.27. The summed E-state index contributed by atoms with van der Waals surface area (Å²) in [5.74, 6) is -0.0585. The van der Waals surface area contributed by atoms with Gasteiger partial charge in [-0.3, -0.25) is 9.52 Å². The molecule has 0 radical (unpaired) electrons. The largest absolute Gasteiger partial charge is 0.339 e. The quantitative estimate of drug-likeness (QED) is 0.855. The molecule has 2 aromatic carbocycles. The van der Waals surface area contributed by atoms with Crippen molar-refractivity contribution in [2.24, 2.45) is 0 Å². The Kier molecular flexibility index (Phi) is 5.25. The highest BCUT2D eigenvalue weighted by atomic mass is 35.5. The molecule has 1 N–H and O–H groups in total. The van der Waals surface area contributed by atoms with E-state index in [0.717, 1.165) is 37.1 Å². The van der Waals surface area contributed by atoms with Gasteiger partial charge in [0.2, 0.25) is 0 Å². The lowest BCUT2D eigenvalue weighted by atomic mass is 10.1. The SMILES string of the molecule is Cc1cc(C)c(NS(=O)(=O)c2ccc(C(=O)N3CCCC3)cc2)c(Cl)c1. The second-order valence-corrected chi connectivity index (χ2v) is 8.66. The summed E-state index contributed by atoms with van der Waals surface area (Å²) in [5.41, 5.74) is 2.57. The highest BCUT2D eigenvalue weighted by Crippen LogP contribution is 2.29. The topological polar surface area (TPSA) is 66.5 Å². The fraction of sp³-hybridized carbons (Fsp3) is 0.316. The van der Waals surface area contributed by atoms with Crippen LogP contribution in [0.25, 0.3) is 0 Å². The van der Waals surface area contributed by atoms with E-state index in [1.165, 1.54) is 12.1 Å². The molecule has 2 aromatic rings. The van der Waals surface area contributed by atoms with Gasteiger partial charge < -0.3 is 4.90 Å². The molecule has 5 nitrogen and oxygen atoms in total. The number of benzene rings is 2. The maximum atomic E-state index is 12.7. The van der Waals surface area contributed by atoms with Gasteiger partial charge in [-0.05, 0) is 68.1 Å². The summed E-state index contributed by atoms with van der Waals surface area (Å²) in [6, 6.07) is 9.58. The van der Waals surface area contributed by atoms with Crippen molar-refractivity contribution in [2.75, 3.05) is 17.8 Å². The fourth-order valence-corrected chi connectivity index (χ4v) is 4.69.